The Morgan fingerprint density at radius 3 is 2.77 bits per heavy atom. The Labute approximate surface area is 200 Å². The molecule has 10 nitrogen and oxygen atoms in total. The fourth-order valence-corrected chi connectivity index (χ4v) is 3.65. The molecule has 5 rings (SSSR count). The first-order valence-corrected chi connectivity index (χ1v) is 10.7. The number of para-hydroxylation sites is 1. The van der Waals surface area contributed by atoms with Crippen molar-refractivity contribution in [2.24, 2.45) is 0 Å². The lowest BCUT2D eigenvalue weighted by atomic mass is 10.1. The normalized spacial score (nSPS) is 10.8. The SMILES string of the molecule is COc1cc(Nc2ncc(-c3ccccc3N(C)C(=O)Cn3ccnc3)o2)ccc1-c1cnco1. The summed E-state index contributed by atoms with van der Waals surface area (Å²) in [6.45, 7) is 0.180. The van der Waals surface area contributed by atoms with E-state index in [9.17, 15) is 4.79 Å². The van der Waals surface area contributed by atoms with Crippen molar-refractivity contribution in [3.8, 4) is 28.4 Å². The van der Waals surface area contributed by atoms with Crippen LogP contribution in [0, 0.1) is 0 Å². The van der Waals surface area contributed by atoms with Crippen molar-refractivity contribution < 1.29 is 18.4 Å². The smallest absolute Gasteiger partial charge is 0.299 e. The van der Waals surface area contributed by atoms with Crippen LogP contribution in [-0.2, 0) is 11.3 Å². The minimum absolute atomic E-state index is 0.0905. The number of nitrogens with one attached hydrogen (secondary N) is 1. The molecule has 0 bridgehead atoms. The molecule has 1 N–H and O–H groups in total. The number of carbonyl (C=O) groups is 1. The third-order valence-corrected chi connectivity index (χ3v) is 5.44. The number of nitrogens with zero attached hydrogens (tertiary/aromatic N) is 5. The third-order valence-electron chi connectivity index (χ3n) is 5.44. The third kappa shape index (κ3) is 4.62. The quantitative estimate of drug-likeness (QED) is 0.350. The maximum Gasteiger partial charge on any atom is 0.299 e. The average molecular weight is 470 g/mol. The summed E-state index contributed by atoms with van der Waals surface area (Å²) in [7, 11) is 3.32. The van der Waals surface area contributed by atoms with E-state index < -0.39 is 0 Å². The van der Waals surface area contributed by atoms with E-state index in [1.54, 1.807) is 54.7 Å². The number of hydrogen-bond acceptors (Lipinski definition) is 8. The highest BCUT2D eigenvalue weighted by Crippen LogP contribution is 2.35. The van der Waals surface area contributed by atoms with Gasteiger partial charge in [0.2, 0.25) is 5.91 Å². The van der Waals surface area contributed by atoms with Crippen LogP contribution in [0.4, 0.5) is 17.4 Å². The maximum absolute atomic E-state index is 12.8. The Kier molecular flexibility index (Phi) is 6.00. The van der Waals surface area contributed by atoms with Gasteiger partial charge >= 0.3 is 0 Å². The van der Waals surface area contributed by atoms with E-state index in [1.807, 2.05) is 42.5 Å². The van der Waals surface area contributed by atoms with E-state index in [1.165, 1.54) is 6.39 Å². The molecule has 0 saturated carbocycles. The molecule has 0 aliphatic carbocycles. The number of imidazole rings is 1. The van der Waals surface area contributed by atoms with Crippen LogP contribution in [-0.4, -0.2) is 39.6 Å². The van der Waals surface area contributed by atoms with Crippen LogP contribution in [0.3, 0.4) is 0 Å². The summed E-state index contributed by atoms with van der Waals surface area (Å²) in [5.74, 6) is 1.65. The molecule has 0 saturated heterocycles. The standard InChI is InChI=1S/C25H22N6O4/c1-30(24(32)14-31-10-9-26-15-31)20-6-4-3-5-18(20)23-13-28-25(35-23)29-17-7-8-19(21(11-17)33-2)22-12-27-16-34-22/h3-13,15-16H,14H2,1-2H3,(H,28,29). The van der Waals surface area contributed by atoms with Crippen LogP contribution in [0.25, 0.3) is 22.6 Å². The molecule has 0 aliphatic rings. The number of anilines is 3. The fraction of sp³-hybridized carbons (Fsp3) is 0.120. The van der Waals surface area contributed by atoms with Crippen molar-refractivity contribution in [1.29, 1.82) is 0 Å². The van der Waals surface area contributed by atoms with Crippen LogP contribution >= 0.6 is 0 Å². The lowest BCUT2D eigenvalue weighted by Gasteiger charge is -2.20. The van der Waals surface area contributed by atoms with Crippen LogP contribution < -0.4 is 15.0 Å². The molecule has 0 aliphatic heterocycles. The Morgan fingerprint density at radius 2 is 2.00 bits per heavy atom. The van der Waals surface area contributed by atoms with Crippen molar-refractivity contribution in [2.45, 2.75) is 6.54 Å². The van der Waals surface area contributed by atoms with Gasteiger partial charge in [0.25, 0.3) is 6.01 Å². The van der Waals surface area contributed by atoms with Gasteiger partial charge in [-0.1, -0.05) is 12.1 Å². The van der Waals surface area contributed by atoms with E-state index in [0.717, 1.165) is 16.8 Å². The second-order valence-corrected chi connectivity index (χ2v) is 7.64. The summed E-state index contributed by atoms with van der Waals surface area (Å²) < 4.78 is 18.6. The average Bonchev–Trinajstić information content (AvgIpc) is 3.67. The highest BCUT2D eigenvalue weighted by molar-refractivity contribution is 5.96. The maximum atomic E-state index is 12.8. The van der Waals surface area contributed by atoms with Crippen molar-refractivity contribution >= 4 is 23.3 Å². The fourth-order valence-electron chi connectivity index (χ4n) is 3.65. The monoisotopic (exact) mass is 470 g/mol. The summed E-state index contributed by atoms with van der Waals surface area (Å²) in [5.41, 5.74) is 2.95. The van der Waals surface area contributed by atoms with E-state index in [-0.39, 0.29) is 12.5 Å². The molecule has 3 aromatic heterocycles. The van der Waals surface area contributed by atoms with Gasteiger partial charge in [-0.25, -0.2) is 15.0 Å². The summed E-state index contributed by atoms with van der Waals surface area (Å²) >= 11 is 0. The van der Waals surface area contributed by atoms with Gasteiger partial charge < -0.3 is 28.4 Å². The van der Waals surface area contributed by atoms with Gasteiger partial charge in [-0.05, 0) is 24.3 Å². The summed E-state index contributed by atoms with van der Waals surface area (Å²) in [4.78, 5) is 26.7. The zero-order chi connectivity index (χ0) is 24.2. The lowest BCUT2D eigenvalue weighted by Crippen LogP contribution is -2.30. The predicted octanol–water partition coefficient (Wildman–Crippen LogP) is 4.61. The molecule has 0 fully saturated rings. The van der Waals surface area contributed by atoms with Crippen molar-refractivity contribution in [3.05, 3.63) is 80.0 Å². The molecule has 2 aromatic carbocycles. The molecule has 5 aromatic rings. The van der Waals surface area contributed by atoms with Crippen molar-refractivity contribution in [2.75, 3.05) is 24.4 Å². The van der Waals surface area contributed by atoms with E-state index in [4.69, 9.17) is 13.6 Å². The largest absolute Gasteiger partial charge is 0.496 e. The number of rotatable bonds is 8. The second-order valence-electron chi connectivity index (χ2n) is 7.64. The Morgan fingerprint density at radius 1 is 1.11 bits per heavy atom. The second kappa shape index (κ2) is 9.56. The minimum Gasteiger partial charge on any atom is -0.496 e. The number of amides is 1. The number of benzene rings is 2. The van der Waals surface area contributed by atoms with Gasteiger partial charge in [0, 0.05) is 36.8 Å². The van der Waals surface area contributed by atoms with Crippen molar-refractivity contribution in [1.82, 2.24) is 19.5 Å². The topological polar surface area (TPSA) is 111 Å². The molecular formula is C25H22N6O4. The van der Waals surface area contributed by atoms with Crippen LogP contribution in [0.2, 0.25) is 0 Å². The molecule has 0 spiro atoms. The van der Waals surface area contributed by atoms with Crippen LogP contribution in [0.5, 0.6) is 5.75 Å². The zero-order valence-corrected chi connectivity index (χ0v) is 19.1. The number of hydrogen-bond donors (Lipinski definition) is 1. The molecule has 176 valence electrons. The molecule has 0 atom stereocenters. The Hall–Kier alpha value is -4.86. The molecular weight excluding hydrogens is 448 g/mol. The first-order valence-electron chi connectivity index (χ1n) is 10.7. The minimum atomic E-state index is -0.0905. The number of methoxy groups -OCH3 is 1. The highest BCUT2D eigenvalue weighted by atomic mass is 16.5. The molecule has 0 unspecified atom stereocenters. The van der Waals surface area contributed by atoms with Gasteiger partial charge in [0.1, 0.15) is 12.3 Å². The Bertz CT molecular complexity index is 1430. The van der Waals surface area contributed by atoms with Crippen molar-refractivity contribution in [3.63, 3.8) is 0 Å². The summed E-state index contributed by atoms with van der Waals surface area (Å²) in [5, 5.41) is 3.15. The molecule has 35 heavy (non-hydrogen) atoms. The number of ether oxygens (including phenoxy) is 1. The number of carbonyl (C=O) groups excluding carboxylic acids is 1. The van der Waals surface area contributed by atoms with Crippen LogP contribution in [0.1, 0.15) is 0 Å². The Balaban J connectivity index is 1.36. The molecule has 10 heteroatoms. The summed E-state index contributed by atoms with van der Waals surface area (Å²) in [6.07, 6.45) is 9.62. The zero-order valence-electron chi connectivity index (χ0n) is 19.1. The van der Waals surface area contributed by atoms with Gasteiger partial charge in [0.05, 0.1) is 37.1 Å². The van der Waals surface area contributed by atoms with E-state index in [2.05, 4.69) is 20.3 Å². The van der Waals surface area contributed by atoms with Gasteiger partial charge in [-0.15, -0.1) is 0 Å². The molecule has 1 amide bonds. The predicted molar refractivity (Wildman–Crippen MR) is 129 cm³/mol. The first-order chi connectivity index (χ1) is 17.1. The number of likely N-dealkylation sites (N-methyl/N-ethyl adjacent to an activating group) is 1. The van der Waals surface area contributed by atoms with Gasteiger partial charge in [0.15, 0.2) is 17.9 Å². The lowest BCUT2D eigenvalue weighted by molar-refractivity contribution is -0.118. The molecule has 3 heterocycles. The first kappa shape index (κ1) is 22.0. The highest BCUT2D eigenvalue weighted by Gasteiger charge is 2.18. The number of oxazole rings is 2. The summed E-state index contributed by atoms with van der Waals surface area (Å²) in [6, 6.07) is 13.4. The van der Waals surface area contributed by atoms with Gasteiger partial charge in [-0.3, -0.25) is 4.79 Å². The number of aromatic nitrogens is 4. The van der Waals surface area contributed by atoms with E-state index in [0.29, 0.717) is 29.0 Å². The van der Waals surface area contributed by atoms with Gasteiger partial charge in [-0.2, -0.15) is 0 Å². The molecule has 0 radical (unpaired) electrons. The van der Waals surface area contributed by atoms with E-state index >= 15 is 0 Å². The van der Waals surface area contributed by atoms with Crippen LogP contribution in [0.15, 0.2) is 88.8 Å².